The molecule has 1 atom stereocenters. The summed E-state index contributed by atoms with van der Waals surface area (Å²) in [6.07, 6.45) is 2.70. The van der Waals surface area contributed by atoms with Crippen LogP contribution >= 0.6 is 34.5 Å². The molecule has 1 aromatic rings. The Balaban J connectivity index is 2.36. The van der Waals surface area contributed by atoms with Gasteiger partial charge in [0.05, 0.1) is 5.56 Å². The van der Waals surface area contributed by atoms with Gasteiger partial charge in [-0.05, 0) is 36.2 Å². The zero-order chi connectivity index (χ0) is 16.7. The van der Waals surface area contributed by atoms with E-state index in [1.54, 1.807) is 0 Å². The molecule has 22 heavy (non-hydrogen) atoms. The van der Waals surface area contributed by atoms with Crippen molar-refractivity contribution in [2.75, 3.05) is 5.32 Å². The van der Waals surface area contributed by atoms with Crippen LogP contribution in [0.25, 0.3) is 0 Å². The Labute approximate surface area is 144 Å². The minimum atomic E-state index is -1.18. The molecule has 1 heterocycles. The van der Waals surface area contributed by atoms with E-state index < -0.39 is 16.7 Å². The van der Waals surface area contributed by atoms with E-state index in [4.69, 9.17) is 28.9 Å². The number of amides is 2. The number of hydrogen-bond acceptors (Lipinski definition) is 3. The molecular formula is C15H20Cl2N2O2S. The van der Waals surface area contributed by atoms with Gasteiger partial charge < -0.3 is 11.1 Å². The van der Waals surface area contributed by atoms with Gasteiger partial charge in [-0.1, -0.05) is 44.0 Å². The first-order chi connectivity index (χ1) is 10.1. The zero-order valence-electron chi connectivity index (χ0n) is 12.8. The molecule has 7 heteroatoms. The quantitative estimate of drug-likeness (QED) is 0.803. The zero-order valence-corrected chi connectivity index (χ0v) is 15.2. The number of fused-ring (bicyclic) bond motifs is 1. The molecule has 1 aliphatic carbocycles. The average Bonchev–Trinajstić information content (AvgIpc) is 2.74. The SMILES string of the molecule is CC(C)(C)C1CCc2c(sc(NC(=O)C(Cl)Cl)c2C(N)=O)C1. The van der Waals surface area contributed by atoms with Gasteiger partial charge in [-0.2, -0.15) is 0 Å². The van der Waals surface area contributed by atoms with Crippen LogP contribution in [0.3, 0.4) is 0 Å². The molecule has 1 aliphatic rings. The van der Waals surface area contributed by atoms with Crippen LogP contribution in [0, 0.1) is 11.3 Å². The van der Waals surface area contributed by atoms with Crippen LogP contribution in [0.5, 0.6) is 0 Å². The highest BCUT2D eigenvalue weighted by Crippen LogP contribution is 2.44. The molecule has 1 unspecified atom stereocenters. The summed E-state index contributed by atoms with van der Waals surface area (Å²) < 4.78 is 0. The smallest absolute Gasteiger partial charge is 0.258 e. The number of nitrogens with two attached hydrogens (primary N) is 1. The lowest BCUT2D eigenvalue weighted by molar-refractivity contribution is -0.114. The fourth-order valence-electron chi connectivity index (χ4n) is 2.84. The molecule has 3 N–H and O–H groups in total. The molecule has 0 saturated carbocycles. The third kappa shape index (κ3) is 3.58. The fourth-order valence-corrected chi connectivity index (χ4v) is 4.29. The molecule has 2 amide bonds. The Morgan fingerprint density at radius 3 is 2.50 bits per heavy atom. The van der Waals surface area contributed by atoms with Gasteiger partial charge in [-0.3, -0.25) is 9.59 Å². The highest BCUT2D eigenvalue weighted by Gasteiger charge is 2.33. The summed E-state index contributed by atoms with van der Waals surface area (Å²) >= 11 is 12.5. The molecule has 0 fully saturated rings. The topological polar surface area (TPSA) is 72.2 Å². The summed E-state index contributed by atoms with van der Waals surface area (Å²) in [5.41, 5.74) is 7.09. The van der Waals surface area contributed by atoms with Crippen molar-refractivity contribution in [3.05, 3.63) is 16.0 Å². The van der Waals surface area contributed by atoms with Gasteiger partial charge in [0.1, 0.15) is 5.00 Å². The number of primary amides is 1. The highest BCUT2D eigenvalue weighted by molar-refractivity contribution is 7.17. The minimum Gasteiger partial charge on any atom is -0.365 e. The van der Waals surface area contributed by atoms with Gasteiger partial charge in [0.15, 0.2) is 4.84 Å². The fraction of sp³-hybridized carbons (Fsp3) is 0.600. The molecule has 2 rings (SSSR count). The molecule has 1 aromatic heterocycles. The summed E-state index contributed by atoms with van der Waals surface area (Å²) in [7, 11) is 0. The molecule has 0 bridgehead atoms. The number of halogens is 2. The second kappa shape index (κ2) is 6.38. The van der Waals surface area contributed by atoms with E-state index >= 15 is 0 Å². The van der Waals surface area contributed by atoms with E-state index in [0.717, 1.165) is 29.7 Å². The number of alkyl halides is 2. The first-order valence-electron chi connectivity index (χ1n) is 7.14. The van der Waals surface area contributed by atoms with E-state index in [2.05, 4.69) is 26.1 Å². The van der Waals surface area contributed by atoms with Crippen LogP contribution in [0.2, 0.25) is 0 Å². The van der Waals surface area contributed by atoms with Gasteiger partial charge >= 0.3 is 0 Å². The monoisotopic (exact) mass is 362 g/mol. The van der Waals surface area contributed by atoms with Gasteiger partial charge in [-0.15, -0.1) is 11.3 Å². The van der Waals surface area contributed by atoms with E-state index in [9.17, 15) is 9.59 Å². The third-order valence-corrected chi connectivity index (χ3v) is 5.74. The summed E-state index contributed by atoms with van der Waals surface area (Å²) in [6.45, 7) is 6.67. The summed E-state index contributed by atoms with van der Waals surface area (Å²) in [4.78, 5) is 23.4. The van der Waals surface area contributed by atoms with Crippen molar-refractivity contribution in [2.45, 2.75) is 44.9 Å². The van der Waals surface area contributed by atoms with Gasteiger partial charge in [-0.25, -0.2) is 0 Å². The second-order valence-corrected chi connectivity index (χ2v) is 8.87. The van der Waals surface area contributed by atoms with E-state index in [1.165, 1.54) is 11.3 Å². The summed E-state index contributed by atoms with van der Waals surface area (Å²) in [6, 6.07) is 0. The van der Waals surface area contributed by atoms with Crippen LogP contribution in [0.1, 0.15) is 48.0 Å². The van der Waals surface area contributed by atoms with Crippen LogP contribution in [0.15, 0.2) is 0 Å². The lowest BCUT2D eigenvalue weighted by atomic mass is 9.72. The Morgan fingerprint density at radius 2 is 2.00 bits per heavy atom. The first-order valence-corrected chi connectivity index (χ1v) is 8.83. The van der Waals surface area contributed by atoms with Crippen molar-refractivity contribution >= 4 is 51.4 Å². The van der Waals surface area contributed by atoms with Crippen LogP contribution in [0.4, 0.5) is 5.00 Å². The minimum absolute atomic E-state index is 0.204. The number of hydrogen-bond donors (Lipinski definition) is 2. The third-order valence-electron chi connectivity index (χ3n) is 4.17. The van der Waals surface area contributed by atoms with Crippen molar-refractivity contribution in [1.29, 1.82) is 0 Å². The van der Waals surface area contributed by atoms with E-state index in [-0.39, 0.29) is 5.41 Å². The van der Waals surface area contributed by atoms with Crippen molar-refractivity contribution in [1.82, 2.24) is 0 Å². The predicted molar refractivity (Wildman–Crippen MR) is 91.9 cm³/mol. The molecule has 0 aromatic carbocycles. The highest BCUT2D eigenvalue weighted by atomic mass is 35.5. The molecule has 122 valence electrons. The maximum absolute atomic E-state index is 11.8. The van der Waals surface area contributed by atoms with Gasteiger partial charge in [0.25, 0.3) is 11.8 Å². The van der Waals surface area contributed by atoms with Crippen molar-refractivity contribution in [3.8, 4) is 0 Å². The van der Waals surface area contributed by atoms with Crippen LogP contribution in [-0.2, 0) is 17.6 Å². The summed E-state index contributed by atoms with van der Waals surface area (Å²) in [5, 5.41) is 3.08. The standard InChI is InChI=1S/C15H20Cl2N2O2S/c1-15(2,3)7-4-5-8-9(6-7)22-14(10(8)12(18)20)19-13(21)11(16)17/h7,11H,4-6H2,1-3H3,(H2,18,20)(H,19,21). The predicted octanol–water partition coefficient (Wildman–Crippen LogP) is 3.74. The van der Waals surface area contributed by atoms with E-state index in [0.29, 0.717) is 16.5 Å². The maximum atomic E-state index is 11.8. The number of carbonyl (C=O) groups excluding carboxylic acids is 2. The Hall–Kier alpha value is -0.780. The lowest BCUT2D eigenvalue weighted by Gasteiger charge is -2.33. The van der Waals surface area contributed by atoms with E-state index in [1.807, 2.05) is 0 Å². The number of carbonyl (C=O) groups is 2. The maximum Gasteiger partial charge on any atom is 0.258 e. The average molecular weight is 363 g/mol. The summed E-state index contributed by atoms with van der Waals surface area (Å²) in [5.74, 6) is -0.531. The molecule has 0 radical (unpaired) electrons. The molecule has 4 nitrogen and oxygen atoms in total. The van der Waals surface area contributed by atoms with Crippen molar-refractivity contribution in [2.24, 2.45) is 17.1 Å². The molecule has 0 spiro atoms. The Morgan fingerprint density at radius 1 is 1.36 bits per heavy atom. The number of thiophene rings is 1. The van der Waals surface area contributed by atoms with Crippen molar-refractivity contribution in [3.63, 3.8) is 0 Å². The number of nitrogens with one attached hydrogen (secondary N) is 1. The number of anilines is 1. The Kier molecular flexibility index (Phi) is 5.09. The van der Waals surface area contributed by atoms with Gasteiger partial charge in [0.2, 0.25) is 0 Å². The van der Waals surface area contributed by atoms with Crippen LogP contribution < -0.4 is 11.1 Å². The van der Waals surface area contributed by atoms with Gasteiger partial charge in [0, 0.05) is 4.88 Å². The first kappa shape index (κ1) is 17.6. The van der Waals surface area contributed by atoms with Crippen LogP contribution in [-0.4, -0.2) is 16.7 Å². The molecule has 0 aliphatic heterocycles. The molecule has 0 saturated heterocycles. The normalized spacial score (nSPS) is 18.2. The number of rotatable bonds is 3. The Bertz CT molecular complexity index is 605. The molecular weight excluding hydrogens is 343 g/mol. The second-order valence-electron chi connectivity index (χ2n) is 6.67. The largest absolute Gasteiger partial charge is 0.365 e. The van der Waals surface area contributed by atoms with Crippen molar-refractivity contribution < 1.29 is 9.59 Å². The lowest BCUT2D eigenvalue weighted by Crippen LogP contribution is -2.27.